The van der Waals surface area contributed by atoms with Gasteiger partial charge in [0, 0.05) is 25.8 Å². The number of nitrogens with zero attached hydrogens (tertiary/aromatic N) is 1. The van der Waals surface area contributed by atoms with E-state index in [9.17, 15) is 13.2 Å². The maximum Gasteiger partial charge on any atom is 0.433 e. The van der Waals surface area contributed by atoms with E-state index in [1.54, 1.807) is 6.07 Å². The highest BCUT2D eigenvalue weighted by Crippen LogP contribution is 2.48. The number of halogens is 3. The number of nitrogens with one attached hydrogen (secondary N) is 1. The molecule has 0 amide bonds. The maximum atomic E-state index is 12.6. The van der Waals surface area contributed by atoms with Crippen LogP contribution in [0.2, 0.25) is 0 Å². The molecule has 0 radical (unpaired) electrons. The van der Waals surface area contributed by atoms with Crippen molar-refractivity contribution in [2.24, 2.45) is 5.41 Å². The number of aromatic nitrogens is 1. The fourth-order valence-electron chi connectivity index (χ4n) is 3.36. The van der Waals surface area contributed by atoms with Crippen molar-refractivity contribution < 1.29 is 17.9 Å². The van der Waals surface area contributed by atoms with Crippen molar-refractivity contribution in [1.29, 1.82) is 0 Å². The van der Waals surface area contributed by atoms with Crippen molar-refractivity contribution in [3.8, 4) is 0 Å². The van der Waals surface area contributed by atoms with Gasteiger partial charge >= 0.3 is 6.18 Å². The summed E-state index contributed by atoms with van der Waals surface area (Å²) in [5.74, 6) is 0. The number of hydrogen-bond acceptors (Lipinski definition) is 3. The Kier molecular flexibility index (Phi) is 3.92. The van der Waals surface area contributed by atoms with E-state index in [0.29, 0.717) is 23.7 Å². The standard InChI is InChI=1S/C15H19F3N2O/c16-15(17,18)13-3-1-2-11(20-13)10-19-12-4-5-14(12)6-8-21-9-7-14/h1-3,12,19H,4-10H2. The molecule has 1 atom stereocenters. The third kappa shape index (κ3) is 3.06. The first kappa shape index (κ1) is 14.8. The van der Waals surface area contributed by atoms with Gasteiger partial charge in [-0.2, -0.15) is 13.2 Å². The van der Waals surface area contributed by atoms with Crippen molar-refractivity contribution >= 4 is 0 Å². The van der Waals surface area contributed by atoms with E-state index >= 15 is 0 Å². The topological polar surface area (TPSA) is 34.1 Å². The van der Waals surface area contributed by atoms with E-state index in [1.165, 1.54) is 12.5 Å². The summed E-state index contributed by atoms with van der Waals surface area (Å²) in [6.45, 7) is 1.97. The molecule has 1 saturated carbocycles. The van der Waals surface area contributed by atoms with Gasteiger partial charge in [-0.3, -0.25) is 0 Å². The predicted octanol–water partition coefficient (Wildman–Crippen LogP) is 3.15. The smallest absolute Gasteiger partial charge is 0.381 e. The van der Waals surface area contributed by atoms with Crippen LogP contribution >= 0.6 is 0 Å². The first-order valence-electron chi connectivity index (χ1n) is 7.34. The van der Waals surface area contributed by atoms with Gasteiger partial charge in [0.05, 0.1) is 5.69 Å². The zero-order chi connectivity index (χ0) is 14.9. The van der Waals surface area contributed by atoms with Crippen molar-refractivity contribution in [3.05, 3.63) is 29.6 Å². The van der Waals surface area contributed by atoms with Crippen LogP contribution in [0.4, 0.5) is 13.2 Å². The molecule has 1 aromatic rings. The second-order valence-electron chi connectivity index (χ2n) is 5.96. The Labute approximate surface area is 121 Å². The Hall–Kier alpha value is -1.14. The summed E-state index contributed by atoms with van der Waals surface area (Å²) in [4.78, 5) is 3.70. The Morgan fingerprint density at radius 3 is 2.62 bits per heavy atom. The molecule has 1 N–H and O–H groups in total. The quantitative estimate of drug-likeness (QED) is 0.931. The molecule has 1 unspecified atom stereocenters. The molecule has 1 aliphatic heterocycles. The normalized spacial score (nSPS) is 24.8. The Balaban J connectivity index is 1.60. The summed E-state index contributed by atoms with van der Waals surface area (Å²) < 4.78 is 43.3. The molecule has 1 saturated heterocycles. The summed E-state index contributed by atoms with van der Waals surface area (Å²) in [6.07, 6.45) is -0.0290. The summed E-state index contributed by atoms with van der Waals surface area (Å²) in [7, 11) is 0. The van der Waals surface area contributed by atoms with Gasteiger partial charge in [0.2, 0.25) is 0 Å². The van der Waals surface area contributed by atoms with Crippen molar-refractivity contribution in [3.63, 3.8) is 0 Å². The maximum absolute atomic E-state index is 12.6. The van der Waals surface area contributed by atoms with E-state index in [-0.39, 0.29) is 0 Å². The van der Waals surface area contributed by atoms with E-state index in [0.717, 1.165) is 38.5 Å². The van der Waals surface area contributed by atoms with E-state index in [2.05, 4.69) is 10.3 Å². The molecule has 1 aliphatic carbocycles. The monoisotopic (exact) mass is 300 g/mol. The number of rotatable bonds is 3. The highest BCUT2D eigenvalue weighted by Gasteiger charge is 2.46. The zero-order valence-corrected chi connectivity index (χ0v) is 11.7. The summed E-state index contributed by atoms with van der Waals surface area (Å²) in [5, 5.41) is 3.39. The molecule has 6 heteroatoms. The van der Waals surface area contributed by atoms with Crippen LogP contribution in [-0.4, -0.2) is 24.2 Å². The fraction of sp³-hybridized carbons (Fsp3) is 0.667. The minimum Gasteiger partial charge on any atom is -0.381 e. The molecule has 3 nitrogen and oxygen atoms in total. The van der Waals surface area contributed by atoms with Gasteiger partial charge in [0.1, 0.15) is 5.69 Å². The van der Waals surface area contributed by atoms with E-state index in [1.807, 2.05) is 0 Å². The van der Waals surface area contributed by atoms with Crippen LogP contribution in [0.15, 0.2) is 18.2 Å². The molecule has 1 aromatic heterocycles. The Morgan fingerprint density at radius 1 is 1.24 bits per heavy atom. The summed E-state index contributed by atoms with van der Waals surface area (Å²) in [5.41, 5.74) is -0.0880. The Bertz CT molecular complexity index is 498. The second-order valence-corrected chi connectivity index (χ2v) is 5.96. The molecule has 21 heavy (non-hydrogen) atoms. The van der Waals surface area contributed by atoms with Gasteiger partial charge in [-0.15, -0.1) is 0 Å². The SMILES string of the molecule is FC(F)(F)c1cccc(CNC2CCC23CCOCC3)n1. The number of pyridine rings is 1. The molecular formula is C15H19F3N2O. The molecule has 2 heterocycles. The fourth-order valence-corrected chi connectivity index (χ4v) is 3.36. The van der Waals surface area contributed by atoms with Gasteiger partial charge < -0.3 is 10.1 Å². The van der Waals surface area contributed by atoms with Gasteiger partial charge in [-0.1, -0.05) is 6.07 Å². The third-order valence-electron chi connectivity index (χ3n) is 4.79. The van der Waals surface area contributed by atoms with Crippen LogP contribution in [0, 0.1) is 5.41 Å². The first-order chi connectivity index (χ1) is 10.00. The molecule has 0 aromatic carbocycles. The number of alkyl halides is 3. The minimum absolute atomic E-state index is 0.292. The third-order valence-corrected chi connectivity index (χ3v) is 4.79. The lowest BCUT2D eigenvalue weighted by atomic mass is 9.60. The second kappa shape index (κ2) is 5.57. The molecule has 1 spiro atoms. The molecule has 0 bridgehead atoms. The van der Waals surface area contributed by atoms with Crippen LogP contribution in [0.1, 0.15) is 37.1 Å². The lowest BCUT2D eigenvalue weighted by Gasteiger charge is -2.52. The predicted molar refractivity (Wildman–Crippen MR) is 71.6 cm³/mol. The Morgan fingerprint density at radius 2 is 2.00 bits per heavy atom. The largest absolute Gasteiger partial charge is 0.433 e. The molecule has 2 aliphatic rings. The average Bonchev–Trinajstić information content (AvgIpc) is 2.47. The van der Waals surface area contributed by atoms with Crippen LogP contribution in [0.25, 0.3) is 0 Å². The minimum atomic E-state index is -4.38. The van der Waals surface area contributed by atoms with Gasteiger partial charge in [-0.25, -0.2) is 4.98 Å². The van der Waals surface area contributed by atoms with Crippen LogP contribution in [0.5, 0.6) is 0 Å². The highest BCUT2D eigenvalue weighted by molar-refractivity contribution is 5.14. The van der Waals surface area contributed by atoms with E-state index < -0.39 is 11.9 Å². The molecule has 116 valence electrons. The number of ether oxygens (including phenoxy) is 1. The van der Waals surface area contributed by atoms with E-state index in [4.69, 9.17) is 4.74 Å². The van der Waals surface area contributed by atoms with Gasteiger partial charge in [0.25, 0.3) is 0 Å². The highest BCUT2D eigenvalue weighted by atomic mass is 19.4. The van der Waals surface area contributed by atoms with Crippen LogP contribution in [-0.2, 0) is 17.5 Å². The summed E-state index contributed by atoms with van der Waals surface area (Å²) in [6, 6.07) is 4.43. The lowest BCUT2D eigenvalue weighted by Crippen LogP contribution is -2.55. The van der Waals surface area contributed by atoms with Crippen molar-refractivity contribution in [1.82, 2.24) is 10.3 Å². The summed E-state index contributed by atoms with van der Waals surface area (Å²) >= 11 is 0. The molecule has 3 rings (SSSR count). The average molecular weight is 300 g/mol. The lowest BCUT2D eigenvalue weighted by molar-refractivity contribution is -0.141. The van der Waals surface area contributed by atoms with Crippen LogP contribution in [0.3, 0.4) is 0 Å². The van der Waals surface area contributed by atoms with Crippen LogP contribution < -0.4 is 5.32 Å². The van der Waals surface area contributed by atoms with Crippen molar-refractivity contribution in [2.45, 2.75) is 44.4 Å². The molecule has 2 fully saturated rings. The van der Waals surface area contributed by atoms with Crippen molar-refractivity contribution in [2.75, 3.05) is 13.2 Å². The zero-order valence-electron chi connectivity index (χ0n) is 11.7. The van der Waals surface area contributed by atoms with Gasteiger partial charge in [0.15, 0.2) is 0 Å². The molecular weight excluding hydrogens is 281 g/mol. The van der Waals surface area contributed by atoms with Gasteiger partial charge in [-0.05, 0) is 43.2 Å². The number of hydrogen-bond donors (Lipinski definition) is 1. The first-order valence-corrected chi connectivity index (χ1v) is 7.34.